The average Bonchev–Trinajstić information content (AvgIpc) is 2.53. The van der Waals surface area contributed by atoms with Gasteiger partial charge in [-0.15, -0.1) is 23.7 Å². The zero-order valence-corrected chi connectivity index (χ0v) is 8.92. The topological polar surface area (TPSA) is 83.5 Å². The van der Waals surface area contributed by atoms with Gasteiger partial charge in [0, 0.05) is 4.88 Å². The van der Waals surface area contributed by atoms with E-state index in [-0.39, 0.29) is 18.8 Å². The van der Waals surface area contributed by atoms with Gasteiger partial charge in [0.15, 0.2) is 0 Å². The lowest BCUT2D eigenvalue weighted by atomic mass is 10.1. The Morgan fingerprint density at radius 1 is 1.64 bits per heavy atom. The Morgan fingerprint density at radius 2 is 2.29 bits per heavy atom. The van der Waals surface area contributed by atoms with Gasteiger partial charge in [0.05, 0.1) is 18.6 Å². The van der Waals surface area contributed by atoms with Gasteiger partial charge < -0.3 is 15.9 Å². The van der Waals surface area contributed by atoms with Crippen molar-refractivity contribution in [1.29, 1.82) is 0 Å². The van der Waals surface area contributed by atoms with Crippen molar-refractivity contribution in [2.45, 2.75) is 18.6 Å². The molecule has 1 rings (SSSR count). The Labute approximate surface area is 91.8 Å². The van der Waals surface area contributed by atoms with Crippen LogP contribution in [0.4, 0.5) is 0 Å². The van der Waals surface area contributed by atoms with E-state index in [4.69, 9.17) is 10.8 Å². The van der Waals surface area contributed by atoms with Crippen molar-refractivity contribution in [3.8, 4) is 0 Å². The number of hydrogen-bond donors (Lipinski definition) is 3. The van der Waals surface area contributed by atoms with E-state index in [9.17, 15) is 9.90 Å². The largest absolute Gasteiger partial charge is 0.481 e. The first-order valence-electron chi connectivity index (χ1n) is 3.80. The third kappa shape index (κ3) is 3.63. The number of carboxylic acids is 1. The molecule has 0 fully saturated rings. The fourth-order valence-corrected chi connectivity index (χ4v) is 1.76. The maximum absolute atomic E-state index is 10.3. The minimum Gasteiger partial charge on any atom is -0.481 e. The lowest BCUT2D eigenvalue weighted by Crippen LogP contribution is -2.27. The van der Waals surface area contributed by atoms with E-state index < -0.39 is 18.1 Å². The summed E-state index contributed by atoms with van der Waals surface area (Å²) in [6, 6.07) is 2.99. The van der Waals surface area contributed by atoms with Gasteiger partial charge in [-0.1, -0.05) is 6.07 Å². The van der Waals surface area contributed by atoms with Crippen molar-refractivity contribution in [2.75, 3.05) is 0 Å². The van der Waals surface area contributed by atoms with Gasteiger partial charge in [0.25, 0.3) is 0 Å². The number of aliphatic hydroxyl groups is 1. The average molecular weight is 238 g/mol. The van der Waals surface area contributed by atoms with E-state index in [1.807, 2.05) is 11.4 Å². The van der Waals surface area contributed by atoms with Crippen molar-refractivity contribution in [2.24, 2.45) is 5.73 Å². The first kappa shape index (κ1) is 13.4. The van der Waals surface area contributed by atoms with Crippen molar-refractivity contribution < 1.29 is 15.0 Å². The first-order valence-corrected chi connectivity index (χ1v) is 4.68. The van der Waals surface area contributed by atoms with Crippen LogP contribution in [0.2, 0.25) is 0 Å². The highest BCUT2D eigenvalue weighted by Gasteiger charge is 2.20. The number of carbonyl (C=O) groups is 1. The van der Waals surface area contributed by atoms with Gasteiger partial charge in [-0.3, -0.25) is 4.79 Å². The molecule has 0 amide bonds. The number of rotatable bonds is 4. The second-order valence-electron chi connectivity index (χ2n) is 2.71. The number of hydrogen-bond acceptors (Lipinski definition) is 4. The molecule has 80 valence electrons. The van der Waals surface area contributed by atoms with Crippen LogP contribution in [-0.4, -0.2) is 22.3 Å². The van der Waals surface area contributed by atoms with Crippen LogP contribution in [0.15, 0.2) is 17.5 Å². The van der Waals surface area contributed by atoms with Gasteiger partial charge in [0.1, 0.15) is 0 Å². The van der Waals surface area contributed by atoms with Crippen LogP contribution in [0, 0.1) is 0 Å². The minimum absolute atomic E-state index is 0. The van der Waals surface area contributed by atoms with E-state index in [0.717, 1.165) is 4.88 Å². The molecule has 1 aromatic rings. The molecule has 0 bridgehead atoms. The molecule has 0 aromatic carbocycles. The van der Waals surface area contributed by atoms with Crippen LogP contribution in [0.5, 0.6) is 0 Å². The number of aliphatic hydroxyl groups excluding tert-OH is 1. The molecule has 0 radical (unpaired) electrons. The summed E-state index contributed by atoms with van der Waals surface area (Å²) < 4.78 is 0. The van der Waals surface area contributed by atoms with Crippen LogP contribution in [0.1, 0.15) is 17.3 Å². The van der Waals surface area contributed by atoms with Crippen molar-refractivity contribution in [3.05, 3.63) is 22.4 Å². The molecule has 0 saturated carbocycles. The summed E-state index contributed by atoms with van der Waals surface area (Å²) in [5.41, 5.74) is 5.63. The number of halogens is 1. The van der Waals surface area contributed by atoms with Gasteiger partial charge in [0.2, 0.25) is 0 Å². The molecule has 1 aromatic heterocycles. The molecule has 6 heteroatoms. The summed E-state index contributed by atoms with van der Waals surface area (Å²) in [4.78, 5) is 11.1. The smallest absolute Gasteiger partial charge is 0.306 e. The molecular weight excluding hydrogens is 226 g/mol. The zero-order valence-electron chi connectivity index (χ0n) is 7.29. The predicted molar refractivity (Wildman–Crippen MR) is 56.8 cm³/mol. The molecule has 1 heterocycles. The molecule has 0 aliphatic heterocycles. The lowest BCUT2D eigenvalue weighted by molar-refractivity contribution is -0.139. The second-order valence-corrected chi connectivity index (χ2v) is 3.69. The number of nitrogens with two attached hydrogens (primary N) is 1. The fraction of sp³-hybridized carbons (Fsp3) is 0.375. The molecule has 4 N–H and O–H groups in total. The third-order valence-corrected chi connectivity index (χ3v) is 2.64. The third-order valence-electron chi connectivity index (χ3n) is 1.67. The monoisotopic (exact) mass is 237 g/mol. The van der Waals surface area contributed by atoms with E-state index >= 15 is 0 Å². The Kier molecular flexibility index (Phi) is 5.71. The minimum atomic E-state index is -1.04. The summed E-state index contributed by atoms with van der Waals surface area (Å²) in [7, 11) is 0. The highest BCUT2D eigenvalue weighted by molar-refractivity contribution is 7.10. The van der Waals surface area contributed by atoms with E-state index in [2.05, 4.69) is 0 Å². The first-order chi connectivity index (χ1) is 6.11. The van der Waals surface area contributed by atoms with Crippen LogP contribution >= 0.6 is 23.7 Å². The van der Waals surface area contributed by atoms with E-state index in [1.165, 1.54) is 11.3 Å². The maximum Gasteiger partial charge on any atom is 0.306 e. The predicted octanol–water partition coefficient (Wildman–Crippen LogP) is 1.01. The standard InChI is InChI=1S/C8H11NO3S.ClH/c9-8(5(10)4-7(11)12)6-2-1-3-13-6;/h1-3,5,8,10H,4,9H2,(H,11,12);1H. The normalized spacial score (nSPS) is 14.1. The highest BCUT2D eigenvalue weighted by atomic mass is 35.5. The van der Waals surface area contributed by atoms with Crippen molar-refractivity contribution in [1.82, 2.24) is 0 Å². The molecule has 4 nitrogen and oxygen atoms in total. The zero-order chi connectivity index (χ0) is 9.84. The van der Waals surface area contributed by atoms with Crippen LogP contribution in [0.25, 0.3) is 0 Å². The molecule has 14 heavy (non-hydrogen) atoms. The Bertz CT molecular complexity index is 278. The lowest BCUT2D eigenvalue weighted by Gasteiger charge is -2.15. The molecule has 0 saturated heterocycles. The van der Waals surface area contributed by atoms with E-state index in [1.54, 1.807) is 6.07 Å². The van der Waals surface area contributed by atoms with Gasteiger partial charge in [-0.2, -0.15) is 0 Å². The summed E-state index contributed by atoms with van der Waals surface area (Å²) >= 11 is 1.41. The Balaban J connectivity index is 0.00000169. The molecule has 0 spiro atoms. The number of aliphatic carboxylic acids is 1. The summed E-state index contributed by atoms with van der Waals surface area (Å²) in [5.74, 6) is -1.04. The Hall–Kier alpha value is -0.620. The highest BCUT2D eigenvalue weighted by Crippen LogP contribution is 2.20. The molecular formula is C8H12ClNO3S. The van der Waals surface area contributed by atoms with Crippen molar-refractivity contribution >= 4 is 29.7 Å². The summed E-state index contributed by atoms with van der Waals surface area (Å²) in [6.07, 6.45) is -1.34. The Morgan fingerprint density at radius 3 is 2.71 bits per heavy atom. The SMILES string of the molecule is Cl.NC(c1cccs1)C(O)CC(=O)O. The van der Waals surface area contributed by atoms with Gasteiger partial charge in [-0.25, -0.2) is 0 Å². The fourth-order valence-electron chi connectivity index (χ4n) is 0.976. The van der Waals surface area contributed by atoms with Crippen LogP contribution in [0.3, 0.4) is 0 Å². The van der Waals surface area contributed by atoms with Gasteiger partial charge >= 0.3 is 5.97 Å². The van der Waals surface area contributed by atoms with Gasteiger partial charge in [-0.05, 0) is 11.4 Å². The second kappa shape index (κ2) is 5.98. The summed E-state index contributed by atoms with van der Waals surface area (Å²) in [5, 5.41) is 19.6. The molecule has 2 atom stereocenters. The van der Waals surface area contributed by atoms with E-state index in [0.29, 0.717) is 0 Å². The summed E-state index contributed by atoms with van der Waals surface area (Å²) in [6.45, 7) is 0. The number of thiophene rings is 1. The molecule has 0 aliphatic carbocycles. The maximum atomic E-state index is 10.3. The van der Waals surface area contributed by atoms with Crippen molar-refractivity contribution in [3.63, 3.8) is 0 Å². The molecule has 2 unspecified atom stereocenters. The number of carboxylic acid groups (broad SMARTS) is 1. The molecule has 0 aliphatic rings. The quantitative estimate of drug-likeness (QED) is 0.730. The van der Waals surface area contributed by atoms with Crippen LogP contribution < -0.4 is 5.73 Å². The van der Waals surface area contributed by atoms with Crippen LogP contribution in [-0.2, 0) is 4.79 Å².